The van der Waals surface area contributed by atoms with Crippen LogP contribution in [0.5, 0.6) is 0 Å². The first kappa shape index (κ1) is 19.6. The number of imide groups is 2. The number of carbonyl (C=O) groups excluding carboxylic acids is 4. The van der Waals surface area contributed by atoms with Gasteiger partial charge in [-0.15, -0.1) is 0 Å². The molecule has 0 aliphatic carbocycles. The van der Waals surface area contributed by atoms with Crippen molar-refractivity contribution in [2.24, 2.45) is 0 Å². The van der Waals surface area contributed by atoms with Gasteiger partial charge in [0.15, 0.2) is 0 Å². The number of hydrogen-bond acceptors (Lipinski definition) is 6. The SMILES string of the molecule is CCC(=O)NC(=O)c1ccccc1Nc1cc(N)cc(C(=O)NC(C)=O)c1. The fourth-order valence-corrected chi connectivity index (χ4v) is 2.31. The van der Waals surface area contributed by atoms with Crippen molar-refractivity contribution in [2.75, 3.05) is 11.1 Å². The molecule has 140 valence electrons. The van der Waals surface area contributed by atoms with E-state index in [2.05, 4.69) is 16.0 Å². The molecule has 2 rings (SSSR count). The largest absolute Gasteiger partial charge is 0.399 e. The highest BCUT2D eigenvalue weighted by Crippen LogP contribution is 2.24. The maximum atomic E-state index is 12.3. The molecule has 0 bridgehead atoms. The van der Waals surface area contributed by atoms with Gasteiger partial charge in [-0.25, -0.2) is 0 Å². The van der Waals surface area contributed by atoms with E-state index in [0.29, 0.717) is 17.1 Å². The second-order valence-corrected chi connectivity index (χ2v) is 5.76. The number of hydrogen-bond donors (Lipinski definition) is 4. The summed E-state index contributed by atoms with van der Waals surface area (Å²) in [4.78, 5) is 46.9. The van der Waals surface area contributed by atoms with Gasteiger partial charge in [0, 0.05) is 30.3 Å². The molecule has 0 heterocycles. The van der Waals surface area contributed by atoms with E-state index in [4.69, 9.17) is 5.73 Å². The number of carbonyl (C=O) groups is 4. The van der Waals surface area contributed by atoms with Crippen molar-refractivity contribution >= 4 is 40.7 Å². The van der Waals surface area contributed by atoms with Gasteiger partial charge in [0.2, 0.25) is 11.8 Å². The summed E-state index contributed by atoms with van der Waals surface area (Å²) in [5, 5.41) is 7.48. The number of rotatable bonds is 5. The molecule has 0 aromatic heterocycles. The van der Waals surface area contributed by atoms with E-state index in [1.165, 1.54) is 19.1 Å². The molecule has 0 spiro atoms. The van der Waals surface area contributed by atoms with Crippen molar-refractivity contribution in [3.05, 3.63) is 53.6 Å². The van der Waals surface area contributed by atoms with Crippen LogP contribution in [0.25, 0.3) is 0 Å². The molecule has 8 heteroatoms. The van der Waals surface area contributed by atoms with Gasteiger partial charge in [-0.1, -0.05) is 19.1 Å². The predicted octanol–water partition coefficient (Wildman–Crippen LogP) is 1.96. The average Bonchev–Trinajstić information content (AvgIpc) is 2.60. The summed E-state index contributed by atoms with van der Waals surface area (Å²) in [5.41, 5.74) is 7.47. The molecule has 2 aromatic carbocycles. The molecule has 0 saturated carbocycles. The summed E-state index contributed by atoms with van der Waals surface area (Å²) in [6.45, 7) is 2.88. The molecule has 5 N–H and O–H groups in total. The van der Waals surface area contributed by atoms with E-state index in [0.717, 1.165) is 0 Å². The third-order valence-corrected chi connectivity index (χ3v) is 3.53. The number of nitrogens with two attached hydrogens (primary N) is 1. The van der Waals surface area contributed by atoms with Gasteiger partial charge in [-0.3, -0.25) is 29.8 Å². The Bertz CT molecular complexity index is 908. The lowest BCUT2D eigenvalue weighted by molar-refractivity contribution is -0.120. The second kappa shape index (κ2) is 8.61. The van der Waals surface area contributed by atoms with E-state index in [1.807, 2.05) is 0 Å². The van der Waals surface area contributed by atoms with Crippen LogP contribution in [-0.4, -0.2) is 23.6 Å². The van der Waals surface area contributed by atoms with Crippen molar-refractivity contribution in [3.63, 3.8) is 0 Å². The van der Waals surface area contributed by atoms with Gasteiger partial charge < -0.3 is 11.1 Å². The van der Waals surface area contributed by atoms with Gasteiger partial charge in [0.05, 0.1) is 11.3 Å². The summed E-state index contributed by atoms with van der Waals surface area (Å²) < 4.78 is 0. The zero-order chi connectivity index (χ0) is 20.0. The Labute approximate surface area is 156 Å². The summed E-state index contributed by atoms with van der Waals surface area (Å²) in [5.74, 6) is -2.00. The summed E-state index contributed by atoms with van der Waals surface area (Å²) in [7, 11) is 0. The molecule has 0 unspecified atom stereocenters. The van der Waals surface area contributed by atoms with Gasteiger partial charge in [0.1, 0.15) is 0 Å². The Morgan fingerprint density at radius 1 is 0.963 bits per heavy atom. The van der Waals surface area contributed by atoms with Crippen molar-refractivity contribution in [3.8, 4) is 0 Å². The topological polar surface area (TPSA) is 130 Å². The van der Waals surface area contributed by atoms with Crippen LogP contribution in [0.1, 0.15) is 41.0 Å². The van der Waals surface area contributed by atoms with Crippen molar-refractivity contribution in [1.82, 2.24) is 10.6 Å². The summed E-state index contributed by atoms with van der Waals surface area (Å²) in [6, 6.07) is 11.1. The molecular weight excluding hydrogens is 348 g/mol. The first-order chi connectivity index (χ1) is 12.8. The molecule has 2 aromatic rings. The minimum absolute atomic E-state index is 0.186. The Balaban J connectivity index is 2.31. The minimum Gasteiger partial charge on any atom is -0.399 e. The monoisotopic (exact) mass is 368 g/mol. The highest BCUT2D eigenvalue weighted by atomic mass is 16.2. The lowest BCUT2D eigenvalue weighted by Gasteiger charge is -2.13. The van der Waals surface area contributed by atoms with E-state index in [1.54, 1.807) is 37.3 Å². The Hall–Kier alpha value is -3.68. The van der Waals surface area contributed by atoms with Crippen LogP contribution in [0.15, 0.2) is 42.5 Å². The molecule has 0 fully saturated rings. The van der Waals surface area contributed by atoms with Crippen LogP contribution in [0.4, 0.5) is 17.1 Å². The van der Waals surface area contributed by atoms with E-state index in [9.17, 15) is 19.2 Å². The average molecular weight is 368 g/mol. The zero-order valence-corrected chi connectivity index (χ0v) is 15.0. The number of benzene rings is 2. The molecular formula is C19H20N4O4. The fourth-order valence-electron chi connectivity index (χ4n) is 2.31. The molecule has 0 radical (unpaired) electrons. The maximum absolute atomic E-state index is 12.3. The quantitative estimate of drug-likeness (QED) is 0.597. The Morgan fingerprint density at radius 2 is 1.67 bits per heavy atom. The van der Waals surface area contributed by atoms with E-state index >= 15 is 0 Å². The third kappa shape index (κ3) is 5.40. The molecule has 8 nitrogen and oxygen atoms in total. The molecule has 27 heavy (non-hydrogen) atoms. The lowest BCUT2D eigenvalue weighted by atomic mass is 10.1. The maximum Gasteiger partial charge on any atom is 0.259 e. The van der Waals surface area contributed by atoms with Crippen LogP contribution < -0.4 is 21.7 Å². The van der Waals surface area contributed by atoms with Gasteiger partial charge in [0.25, 0.3) is 11.8 Å². The van der Waals surface area contributed by atoms with Crippen LogP contribution in [0, 0.1) is 0 Å². The van der Waals surface area contributed by atoms with Crippen LogP contribution in [0.3, 0.4) is 0 Å². The standard InChI is InChI=1S/C19H20N4O4/c1-3-17(25)23-19(27)15-6-4-5-7-16(15)22-14-9-12(8-13(20)10-14)18(26)21-11(2)24/h4-10,22H,3,20H2,1-2H3,(H,21,24,26)(H,23,25,27). The fraction of sp³-hybridized carbons (Fsp3) is 0.158. The number of amides is 4. The summed E-state index contributed by atoms with van der Waals surface area (Å²) >= 11 is 0. The first-order valence-corrected chi connectivity index (χ1v) is 8.23. The third-order valence-electron chi connectivity index (χ3n) is 3.53. The van der Waals surface area contributed by atoms with Crippen molar-refractivity contribution in [2.45, 2.75) is 20.3 Å². The van der Waals surface area contributed by atoms with E-state index in [-0.39, 0.29) is 23.5 Å². The lowest BCUT2D eigenvalue weighted by Crippen LogP contribution is -2.30. The second-order valence-electron chi connectivity index (χ2n) is 5.76. The Kier molecular flexibility index (Phi) is 6.27. The minimum atomic E-state index is -0.586. The van der Waals surface area contributed by atoms with Gasteiger partial charge in [-0.2, -0.15) is 0 Å². The van der Waals surface area contributed by atoms with Crippen LogP contribution >= 0.6 is 0 Å². The first-order valence-electron chi connectivity index (χ1n) is 8.23. The van der Waals surface area contributed by atoms with Gasteiger partial charge >= 0.3 is 0 Å². The molecule has 0 aliphatic rings. The smallest absolute Gasteiger partial charge is 0.259 e. The molecule has 0 saturated heterocycles. The van der Waals surface area contributed by atoms with Crippen LogP contribution in [0.2, 0.25) is 0 Å². The summed E-state index contributed by atoms with van der Waals surface area (Å²) in [6.07, 6.45) is 0.186. The zero-order valence-electron chi connectivity index (χ0n) is 15.0. The highest BCUT2D eigenvalue weighted by molar-refractivity contribution is 6.08. The normalized spacial score (nSPS) is 10.0. The number of nitrogens with one attached hydrogen (secondary N) is 3. The molecule has 4 amide bonds. The molecule has 0 atom stereocenters. The van der Waals surface area contributed by atoms with Crippen molar-refractivity contribution in [1.29, 1.82) is 0 Å². The Morgan fingerprint density at radius 3 is 2.33 bits per heavy atom. The van der Waals surface area contributed by atoms with Crippen molar-refractivity contribution < 1.29 is 19.2 Å². The van der Waals surface area contributed by atoms with Crippen LogP contribution in [-0.2, 0) is 9.59 Å². The van der Waals surface area contributed by atoms with Gasteiger partial charge in [-0.05, 0) is 30.3 Å². The molecule has 0 aliphatic heterocycles. The highest BCUT2D eigenvalue weighted by Gasteiger charge is 2.15. The number of anilines is 3. The predicted molar refractivity (Wildman–Crippen MR) is 101 cm³/mol. The number of nitrogen functional groups attached to an aromatic ring is 1. The number of para-hydroxylation sites is 1. The van der Waals surface area contributed by atoms with E-state index < -0.39 is 17.7 Å².